The Hall–Kier alpha value is -2.99. The van der Waals surface area contributed by atoms with Crippen molar-refractivity contribution in [1.29, 1.82) is 0 Å². The van der Waals surface area contributed by atoms with Crippen LogP contribution < -0.4 is 10.6 Å². The average Bonchev–Trinajstić information content (AvgIpc) is 2.87. The van der Waals surface area contributed by atoms with Crippen LogP contribution in [0.15, 0.2) is 84.6 Å². The molecule has 0 saturated heterocycles. The molecule has 38 heavy (non-hydrogen) atoms. The molecule has 4 N–H and O–H groups in total. The summed E-state index contributed by atoms with van der Waals surface area (Å²) in [5.74, 6) is 0.155. The lowest BCUT2D eigenvalue weighted by atomic mass is 9.88. The van der Waals surface area contributed by atoms with Crippen LogP contribution in [-0.4, -0.2) is 47.8 Å². The van der Waals surface area contributed by atoms with Crippen LogP contribution >= 0.6 is 11.6 Å². The molecular weight excluding hydrogens is 494 g/mol. The lowest BCUT2D eigenvalue weighted by Crippen LogP contribution is -2.35. The van der Waals surface area contributed by atoms with Crippen molar-refractivity contribution in [2.24, 2.45) is 5.73 Å². The zero-order valence-electron chi connectivity index (χ0n) is 23.5. The van der Waals surface area contributed by atoms with Gasteiger partial charge in [0.1, 0.15) is 5.75 Å². The van der Waals surface area contributed by atoms with Crippen LogP contribution in [0, 0.1) is 0 Å². The SMILES string of the molecule is C=C(C)C(=C\C=C/N)/C(=C\CCN(CC)CCN(CC)c1ccc(Cl)cc1)c1cc(C(C)(C)O)ccc1O. The third kappa shape index (κ3) is 9.09. The average molecular weight is 538 g/mol. The maximum Gasteiger partial charge on any atom is 0.123 e. The van der Waals surface area contributed by atoms with E-state index >= 15 is 0 Å². The number of rotatable bonds is 14. The maximum atomic E-state index is 10.8. The summed E-state index contributed by atoms with van der Waals surface area (Å²) in [5, 5.41) is 22.2. The largest absolute Gasteiger partial charge is 0.507 e. The Morgan fingerprint density at radius 1 is 1.05 bits per heavy atom. The van der Waals surface area contributed by atoms with Crippen molar-refractivity contribution < 1.29 is 10.2 Å². The van der Waals surface area contributed by atoms with Gasteiger partial charge in [-0.15, -0.1) is 0 Å². The molecule has 0 aliphatic rings. The monoisotopic (exact) mass is 537 g/mol. The Kier molecular flexibility index (Phi) is 12.2. The normalized spacial score (nSPS) is 12.9. The van der Waals surface area contributed by atoms with E-state index in [4.69, 9.17) is 17.3 Å². The summed E-state index contributed by atoms with van der Waals surface area (Å²) < 4.78 is 0. The lowest BCUT2D eigenvalue weighted by molar-refractivity contribution is 0.0785. The maximum absolute atomic E-state index is 10.8. The van der Waals surface area contributed by atoms with Crippen molar-refractivity contribution in [3.8, 4) is 5.75 Å². The zero-order valence-corrected chi connectivity index (χ0v) is 24.3. The van der Waals surface area contributed by atoms with Gasteiger partial charge in [0.05, 0.1) is 5.60 Å². The van der Waals surface area contributed by atoms with Crippen LogP contribution in [0.5, 0.6) is 5.75 Å². The van der Waals surface area contributed by atoms with Gasteiger partial charge in [-0.05, 0) is 106 Å². The van der Waals surface area contributed by atoms with Gasteiger partial charge < -0.3 is 25.7 Å². The Labute approximate surface area is 234 Å². The van der Waals surface area contributed by atoms with Gasteiger partial charge in [0.2, 0.25) is 0 Å². The van der Waals surface area contributed by atoms with Gasteiger partial charge in [0, 0.05) is 42.5 Å². The molecule has 0 spiro atoms. The van der Waals surface area contributed by atoms with Crippen LogP contribution in [0.3, 0.4) is 0 Å². The smallest absolute Gasteiger partial charge is 0.123 e. The first-order valence-corrected chi connectivity index (χ1v) is 13.6. The fourth-order valence-corrected chi connectivity index (χ4v) is 4.44. The minimum atomic E-state index is -1.04. The molecule has 0 aliphatic heterocycles. The van der Waals surface area contributed by atoms with Crippen molar-refractivity contribution in [1.82, 2.24) is 4.90 Å². The highest BCUT2D eigenvalue weighted by molar-refractivity contribution is 6.30. The molecule has 6 heteroatoms. The van der Waals surface area contributed by atoms with E-state index in [1.165, 1.54) is 11.9 Å². The Morgan fingerprint density at radius 3 is 2.29 bits per heavy atom. The number of hydrogen-bond acceptors (Lipinski definition) is 5. The van der Waals surface area contributed by atoms with Gasteiger partial charge in [-0.3, -0.25) is 0 Å². The first-order valence-electron chi connectivity index (χ1n) is 13.3. The molecular formula is C32H44ClN3O2. The quantitative estimate of drug-likeness (QED) is 0.229. The summed E-state index contributed by atoms with van der Waals surface area (Å²) in [6.45, 7) is 18.5. The predicted molar refractivity (Wildman–Crippen MR) is 164 cm³/mol. The number of aliphatic hydroxyl groups is 1. The first kappa shape index (κ1) is 31.2. The van der Waals surface area contributed by atoms with E-state index in [0.717, 1.165) is 66.5 Å². The van der Waals surface area contributed by atoms with Crippen LogP contribution in [0.1, 0.15) is 52.2 Å². The number of allylic oxidation sites excluding steroid dienone is 5. The number of likely N-dealkylation sites (N-methyl/N-ethyl adjacent to an activating group) is 2. The van der Waals surface area contributed by atoms with Crippen LogP contribution in [0.4, 0.5) is 5.69 Å². The summed E-state index contributed by atoms with van der Waals surface area (Å²) in [6, 6.07) is 13.2. The first-order chi connectivity index (χ1) is 18.0. The molecule has 0 aromatic heterocycles. The highest BCUT2D eigenvalue weighted by atomic mass is 35.5. The van der Waals surface area contributed by atoms with Gasteiger partial charge in [0.25, 0.3) is 0 Å². The molecule has 0 bridgehead atoms. The number of nitrogens with zero attached hydrogens (tertiary/aromatic N) is 2. The summed E-state index contributed by atoms with van der Waals surface area (Å²) in [7, 11) is 0. The second-order valence-corrected chi connectivity index (χ2v) is 10.4. The van der Waals surface area contributed by atoms with Gasteiger partial charge in [0.15, 0.2) is 0 Å². The number of benzene rings is 2. The molecule has 0 heterocycles. The van der Waals surface area contributed by atoms with Gasteiger partial charge in [-0.25, -0.2) is 0 Å². The minimum absolute atomic E-state index is 0.155. The van der Waals surface area contributed by atoms with E-state index < -0.39 is 5.60 Å². The van der Waals surface area contributed by atoms with Crippen molar-refractivity contribution in [2.75, 3.05) is 37.6 Å². The Morgan fingerprint density at radius 2 is 1.74 bits per heavy atom. The van der Waals surface area contributed by atoms with E-state index in [9.17, 15) is 10.2 Å². The standard InChI is InChI=1S/C32H44ClN3O2/c1-7-35(21-22-36(8-2)27-16-14-26(33)15-17-27)20-10-12-29(28(24(3)4)11-9-19-34)30-23-25(32(5,6)38)13-18-31(30)37/h9,11-19,23,37-38H,3,7-8,10,20-22,34H2,1-2,4-6H3/b19-9-,28-11+,29-12+. The number of halogens is 1. The fourth-order valence-electron chi connectivity index (χ4n) is 4.31. The molecule has 0 fully saturated rings. The molecule has 0 saturated carbocycles. The van der Waals surface area contributed by atoms with E-state index in [1.54, 1.807) is 32.1 Å². The molecule has 0 aliphatic carbocycles. The molecule has 2 aromatic rings. The van der Waals surface area contributed by atoms with Gasteiger partial charge in [-0.1, -0.05) is 48.9 Å². The third-order valence-electron chi connectivity index (χ3n) is 6.62. The number of phenolic OH excluding ortho intramolecular Hbond substituents is 1. The summed E-state index contributed by atoms with van der Waals surface area (Å²) in [5.41, 5.74) is 9.76. The minimum Gasteiger partial charge on any atom is -0.507 e. The molecule has 0 atom stereocenters. The van der Waals surface area contributed by atoms with Crippen molar-refractivity contribution in [3.63, 3.8) is 0 Å². The highest BCUT2D eigenvalue weighted by Crippen LogP contribution is 2.36. The summed E-state index contributed by atoms with van der Waals surface area (Å²) in [6.07, 6.45) is 8.08. The molecule has 2 aromatic carbocycles. The number of nitrogens with two attached hydrogens (primary N) is 1. The second-order valence-electron chi connectivity index (χ2n) is 9.93. The number of phenols is 1. The van der Waals surface area contributed by atoms with E-state index in [0.29, 0.717) is 5.56 Å². The molecule has 0 unspecified atom stereocenters. The van der Waals surface area contributed by atoms with E-state index in [1.807, 2.05) is 31.2 Å². The molecule has 2 rings (SSSR count). The van der Waals surface area contributed by atoms with Crippen molar-refractivity contribution >= 4 is 22.9 Å². The van der Waals surface area contributed by atoms with Gasteiger partial charge in [-0.2, -0.15) is 0 Å². The number of hydrogen-bond donors (Lipinski definition) is 3. The molecule has 206 valence electrons. The van der Waals surface area contributed by atoms with Crippen molar-refractivity contribution in [3.05, 3.63) is 101 Å². The van der Waals surface area contributed by atoms with E-state index in [2.05, 4.69) is 48.4 Å². The number of anilines is 1. The predicted octanol–water partition coefficient (Wildman–Crippen LogP) is 6.87. The van der Waals surface area contributed by atoms with Crippen LogP contribution in [0.25, 0.3) is 5.57 Å². The zero-order chi connectivity index (χ0) is 28.3. The Bertz CT molecular complexity index is 1140. The molecule has 5 nitrogen and oxygen atoms in total. The molecule has 0 amide bonds. The fraction of sp³-hybridized carbons (Fsp3) is 0.375. The van der Waals surface area contributed by atoms with Crippen molar-refractivity contribution in [2.45, 2.75) is 46.6 Å². The second kappa shape index (κ2) is 14.8. The van der Waals surface area contributed by atoms with Gasteiger partial charge >= 0.3 is 0 Å². The highest BCUT2D eigenvalue weighted by Gasteiger charge is 2.20. The number of aromatic hydroxyl groups is 1. The Balaban J connectivity index is 2.30. The van der Waals surface area contributed by atoms with E-state index in [-0.39, 0.29) is 5.75 Å². The topological polar surface area (TPSA) is 73.0 Å². The third-order valence-corrected chi connectivity index (χ3v) is 6.87. The van der Waals surface area contributed by atoms with Crippen LogP contribution in [-0.2, 0) is 5.60 Å². The summed E-state index contributed by atoms with van der Waals surface area (Å²) >= 11 is 6.07. The summed E-state index contributed by atoms with van der Waals surface area (Å²) in [4.78, 5) is 4.77. The lowest BCUT2D eigenvalue weighted by Gasteiger charge is -2.28. The molecule has 0 radical (unpaired) electrons. The van der Waals surface area contributed by atoms with Crippen LogP contribution in [0.2, 0.25) is 5.02 Å².